The Balaban J connectivity index is 1.25. The van der Waals surface area contributed by atoms with Crippen molar-refractivity contribution >= 4 is 34.0 Å². The van der Waals surface area contributed by atoms with Crippen molar-refractivity contribution in [2.24, 2.45) is 0 Å². The second-order valence-corrected chi connectivity index (χ2v) is 9.62. The number of hydrogen-bond donors (Lipinski definition) is 2. The van der Waals surface area contributed by atoms with Crippen LogP contribution in [0.25, 0.3) is 10.8 Å². The first kappa shape index (κ1) is 25.3. The summed E-state index contributed by atoms with van der Waals surface area (Å²) >= 11 is 6.38. The van der Waals surface area contributed by atoms with Crippen LogP contribution in [0.1, 0.15) is 27.8 Å². The predicted molar refractivity (Wildman–Crippen MR) is 153 cm³/mol. The molecule has 3 heterocycles. The lowest BCUT2D eigenvalue weighted by molar-refractivity contribution is 0.306. The number of ether oxygens (including phenoxy) is 1. The number of aryl methyl sites for hydroxylation is 2. The van der Waals surface area contributed by atoms with E-state index in [4.69, 9.17) is 22.1 Å². The molecule has 0 saturated carbocycles. The summed E-state index contributed by atoms with van der Waals surface area (Å²) in [6, 6.07) is 19.0. The van der Waals surface area contributed by atoms with Crippen LogP contribution < -0.4 is 21.3 Å². The Morgan fingerprint density at radius 2 is 1.79 bits per heavy atom. The molecule has 7 nitrogen and oxygen atoms in total. The molecule has 0 atom stereocenters. The van der Waals surface area contributed by atoms with Gasteiger partial charge in [0, 0.05) is 36.5 Å². The molecule has 0 saturated heterocycles. The topological polar surface area (TPSA) is 95.1 Å². The summed E-state index contributed by atoms with van der Waals surface area (Å²) in [5.41, 5.74) is 11.6. The van der Waals surface area contributed by atoms with Crippen LogP contribution in [-0.2, 0) is 19.7 Å². The molecule has 0 radical (unpaired) electrons. The third-order valence-corrected chi connectivity index (χ3v) is 6.93. The van der Waals surface area contributed by atoms with E-state index in [-0.39, 0.29) is 5.56 Å². The number of rotatable bonds is 8. The molecule has 192 valence electrons. The molecule has 0 aliphatic carbocycles. The SMILES string of the molecule is Cc1cc2c(N)nccc2c(C)c1CNc1cc(OCc2ccc(Cn3ccccc3=O)cc2)c(Cl)cn1. The van der Waals surface area contributed by atoms with Gasteiger partial charge in [0.05, 0.1) is 12.7 Å². The molecule has 0 fully saturated rings. The van der Waals surface area contributed by atoms with Gasteiger partial charge in [0.1, 0.15) is 29.0 Å². The van der Waals surface area contributed by atoms with Gasteiger partial charge < -0.3 is 20.4 Å². The molecular weight excluding hydrogens is 498 g/mol. The first-order valence-corrected chi connectivity index (χ1v) is 12.7. The summed E-state index contributed by atoms with van der Waals surface area (Å²) in [6.45, 7) is 5.64. The second-order valence-electron chi connectivity index (χ2n) is 9.21. The number of hydrogen-bond acceptors (Lipinski definition) is 6. The molecule has 3 aromatic heterocycles. The van der Waals surface area contributed by atoms with Crippen LogP contribution in [-0.4, -0.2) is 14.5 Å². The average molecular weight is 526 g/mol. The van der Waals surface area contributed by atoms with Gasteiger partial charge in [0.15, 0.2) is 0 Å². The predicted octanol–water partition coefficient (Wildman–Crippen LogP) is 5.88. The molecule has 0 bridgehead atoms. The smallest absolute Gasteiger partial charge is 0.250 e. The zero-order valence-electron chi connectivity index (χ0n) is 21.2. The normalized spacial score (nSPS) is 11.0. The highest BCUT2D eigenvalue weighted by molar-refractivity contribution is 6.32. The fraction of sp³-hybridized carbons (Fsp3) is 0.167. The number of nitrogens with zero attached hydrogens (tertiary/aromatic N) is 3. The third kappa shape index (κ3) is 5.48. The van der Waals surface area contributed by atoms with Gasteiger partial charge in [-0.25, -0.2) is 9.97 Å². The van der Waals surface area contributed by atoms with Gasteiger partial charge >= 0.3 is 0 Å². The molecule has 0 unspecified atom stereocenters. The van der Waals surface area contributed by atoms with E-state index in [1.807, 2.05) is 42.5 Å². The molecule has 2 aromatic carbocycles. The van der Waals surface area contributed by atoms with Crippen molar-refractivity contribution < 1.29 is 4.74 Å². The Morgan fingerprint density at radius 3 is 2.58 bits per heavy atom. The van der Waals surface area contributed by atoms with Crippen LogP contribution in [0.4, 0.5) is 11.6 Å². The summed E-state index contributed by atoms with van der Waals surface area (Å²) < 4.78 is 7.69. The van der Waals surface area contributed by atoms with E-state index in [0.717, 1.165) is 33.0 Å². The molecule has 0 amide bonds. The molecule has 0 aliphatic heterocycles. The van der Waals surface area contributed by atoms with Crippen molar-refractivity contribution in [1.82, 2.24) is 14.5 Å². The lowest BCUT2D eigenvalue weighted by atomic mass is 9.96. The zero-order chi connectivity index (χ0) is 26.6. The van der Waals surface area contributed by atoms with Crippen LogP contribution in [0, 0.1) is 13.8 Å². The summed E-state index contributed by atoms with van der Waals surface area (Å²) in [4.78, 5) is 20.6. The molecule has 8 heteroatoms. The van der Waals surface area contributed by atoms with Gasteiger partial charge in [0.25, 0.3) is 5.56 Å². The van der Waals surface area contributed by atoms with E-state index in [9.17, 15) is 4.79 Å². The number of pyridine rings is 3. The van der Waals surface area contributed by atoms with E-state index in [1.54, 1.807) is 35.3 Å². The van der Waals surface area contributed by atoms with Crippen molar-refractivity contribution in [2.45, 2.75) is 33.5 Å². The van der Waals surface area contributed by atoms with Gasteiger partial charge in [-0.15, -0.1) is 0 Å². The summed E-state index contributed by atoms with van der Waals surface area (Å²) in [6.07, 6.45) is 5.11. The number of anilines is 2. The van der Waals surface area contributed by atoms with Crippen molar-refractivity contribution in [3.63, 3.8) is 0 Å². The van der Waals surface area contributed by atoms with Gasteiger partial charge in [0.2, 0.25) is 0 Å². The van der Waals surface area contributed by atoms with Gasteiger partial charge in [-0.1, -0.05) is 41.9 Å². The minimum Gasteiger partial charge on any atom is -0.487 e. The van der Waals surface area contributed by atoms with Crippen LogP contribution in [0.5, 0.6) is 5.75 Å². The molecule has 5 aromatic rings. The highest BCUT2D eigenvalue weighted by Crippen LogP contribution is 2.30. The number of nitrogens with one attached hydrogen (secondary N) is 1. The monoisotopic (exact) mass is 525 g/mol. The summed E-state index contributed by atoms with van der Waals surface area (Å²) in [5, 5.41) is 5.90. The minimum atomic E-state index is -0.0235. The number of halogens is 1. The van der Waals surface area contributed by atoms with Crippen molar-refractivity contribution in [3.8, 4) is 5.75 Å². The largest absolute Gasteiger partial charge is 0.487 e. The summed E-state index contributed by atoms with van der Waals surface area (Å²) in [7, 11) is 0. The second kappa shape index (κ2) is 10.9. The van der Waals surface area contributed by atoms with Crippen LogP contribution in [0.3, 0.4) is 0 Å². The highest BCUT2D eigenvalue weighted by Gasteiger charge is 2.11. The molecule has 38 heavy (non-hydrogen) atoms. The van der Waals surface area contributed by atoms with E-state index in [1.165, 1.54) is 5.56 Å². The van der Waals surface area contributed by atoms with Crippen LogP contribution in [0.2, 0.25) is 5.02 Å². The Bertz CT molecular complexity index is 1660. The Kier molecular flexibility index (Phi) is 7.29. The maximum absolute atomic E-state index is 11.9. The van der Waals surface area contributed by atoms with Gasteiger partial charge in [-0.2, -0.15) is 0 Å². The third-order valence-electron chi connectivity index (χ3n) is 6.65. The van der Waals surface area contributed by atoms with Gasteiger partial charge in [-0.3, -0.25) is 4.79 Å². The quantitative estimate of drug-likeness (QED) is 0.262. The lowest BCUT2D eigenvalue weighted by Gasteiger charge is -2.16. The first-order valence-electron chi connectivity index (χ1n) is 12.3. The number of aromatic nitrogens is 3. The van der Waals surface area contributed by atoms with Crippen molar-refractivity contribution in [2.75, 3.05) is 11.1 Å². The van der Waals surface area contributed by atoms with Crippen molar-refractivity contribution in [3.05, 3.63) is 122 Å². The van der Waals surface area contributed by atoms with E-state index < -0.39 is 0 Å². The fourth-order valence-corrected chi connectivity index (χ4v) is 4.66. The van der Waals surface area contributed by atoms with Crippen LogP contribution >= 0.6 is 11.6 Å². The Morgan fingerprint density at radius 1 is 1.00 bits per heavy atom. The standard InChI is InChI=1S/C30H28ClN5O2/c1-19-13-24-23(10-11-33-30(24)32)20(2)25(19)15-34-28-14-27(26(31)16-35-28)38-18-22-8-6-21(7-9-22)17-36-12-4-3-5-29(36)37/h3-14,16H,15,17-18H2,1-2H3,(H2,32,33)(H,34,35). The number of fused-ring (bicyclic) bond motifs is 1. The minimum absolute atomic E-state index is 0.0235. The van der Waals surface area contributed by atoms with E-state index in [0.29, 0.717) is 42.1 Å². The van der Waals surface area contributed by atoms with Crippen molar-refractivity contribution in [1.29, 1.82) is 0 Å². The van der Waals surface area contributed by atoms with E-state index in [2.05, 4.69) is 35.2 Å². The fourth-order valence-electron chi connectivity index (χ4n) is 4.50. The lowest BCUT2D eigenvalue weighted by Crippen LogP contribution is -2.18. The maximum Gasteiger partial charge on any atom is 0.250 e. The molecule has 0 spiro atoms. The molecule has 0 aliphatic rings. The molecule has 3 N–H and O–H groups in total. The highest BCUT2D eigenvalue weighted by atomic mass is 35.5. The molecular formula is C30H28ClN5O2. The number of nitrogen functional groups attached to an aromatic ring is 1. The Hall–Kier alpha value is -4.36. The first-order chi connectivity index (χ1) is 18.4. The van der Waals surface area contributed by atoms with Crippen LogP contribution in [0.15, 0.2) is 84.0 Å². The maximum atomic E-state index is 11.9. The molecule has 5 rings (SSSR count). The van der Waals surface area contributed by atoms with E-state index >= 15 is 0 Å². The zero-order valence-corrected chi connectivity index (χ0v) is 22.0. The number of benzene rings is 2. The number of nitrogens with two attached hydrogens (primary N) is 1. The summed E-state index contributed by atoms with van der Waals surface area (Å²) in [5.74, 6) is 1.76. The Labute approximate surface area is 225 Å². The van der Waals surface area contributed by atoms with Gasteiger partial charge in [-0.05, 0) is 65.3 Å². The average Bonchev–Trinajstić information content (AvgIpc) is 2.91.